The van der Waals surface area contributed by atoms with E-state index >= 15 is 0 Å². The number of halogens is 1. The van der Waals surface area contributed by atoms with E-state index in [1.807, 2.05) is 60.0 Å². The predicted molar refractivity (Wildman–Crippen MR) is 124 cm³/mol. The van der Waals surface area contributed by atoms with E-state index in [0.29, 0.717) is 24.1 Å². The van der Waals surface area contributed by atoms with Gasteiger partial charge in [0.05, 0.1) is 25.5 Å². The Morgan fingerprint density at radius 3 is 2.53 bits per heavy atom. The van der Waals surface area contributed by atoms with Gasteiger partial charge in [-0.1, -0.05) is 35.9 Å². The summed E-state index contributed by atoms with van der Waals surface area (Å²) in [5, 5.41) is 0.921. The highest BCUT2D eigenvalue weighted by atomic mass is 19.1. The summed E-state index contributed by atoms with van der Waals surface area (Å²) in [5.41, 5.74) is 4.80. The van der Waals surface area contributed by atoms with Gasteiger partial charge in [0.15, 0.2) is 0 Å². The van der Waals surface area contributed by atoms with Crippen molar-refractivity contribution in [3.8, 4) is 5.75 Å². The molecule has 0 aliphatic heterocycles. The number of aryl methyl sites for hydroxylation is 1. The first-order chi connectivity index (χ1) is 15.5. The van der Waals surface area contributed by atoms with Gasteiger partial charge in [0.2, 0.25) is 0 Å². The Bertz CT molecular complexity index is 1500. The quantitative estimate of drug-likeness (QED) is 0.401. The third-order valence-electron chi connectivity index (χ3n) is 5.72. The molecule has 0 radical (unpaired) electrons. The zero-order valence-corrected chi connectivity index (χ0v) is 17.9. The summed E-state index contributed by atoms with van der Waals surface area (Å²) in [6, 6.07) is 20.1. The zero-order chi connectivity index (χ0) is 22.2. The Morgan fingerprint density at radius 2 is 1.78 bits per heavy atom. The van der Waals surface area contributed by atoms with E-state index < -0.39 is 0 Å². The number of hydrogen-bond acceptors (Lipinski definition) is 3. The number of fused-ring (bicyclic) bond motifs is 3. The van der Waals surface area contributed by atoms with Crippen LogP contribution in [0.3, 0.4) is 0 Å². The third kappa shape index (κ3) is 3.54. The minimum Gasteiger partial charge on any atom is -0.497 e. The van der Waals surface area contributed by atoms with Crippen molar-refractivity contribution >= 4 is 21.9 Å². The van der Waals surface area contributed by atoms with E-state index in [2.05, 4.69) is 4.98 Å². The van der Waals surface area contributed by atoms with Crippen molar-refractivity contribution in [3.63, 3.8) is 0 Å². The molecule has 0 unspecified atom stereocenters. The fourth-order valence-corrected chi connectivity index (χ4v) is 4.14. The summed E-state index contributed by atoms with van der Waals surface area (Å²) in [6.45, 7) is 2.79. The van der Waals surface area contributed by atoms with Crippen LogP contribution in [0, 0.1) is 12.7 Å². The van der Waals surface area contributed by atoms with Crippen molar-refractivity contribution < 1.29 is 9.13 Å². The Hall–Kier alpha value is -3.93. The molecular formula is C26H22FN3O2. The predicted octanol–water partition coefficient (Wildman–Crippen LogP) is 4.90. The van der Waals surface area contributed by atoms with Gasteiger partial charge in [0.25, 0.3) is 5.56 Å². The Balaban J connectivity index is 1.68. The van der Waals surface area contributed by atoms with Crippen molar-refractivity contribution in [1.29, 1.82) is 0 Å². The maximum atomic E-state index is 13.8. The van der Waals surface area contributed by atoms with Crippen molar-refractivity contribution in [1.82, 2.24) is 14.1 Å². The molecule has 0 saturated heterocycles. The number of nitrogens with zero attached hydrogens (tertiary/aromatic N) is 3. The van der Waals surface area contributed by atoms with Crippen molar-refractivity contribution in [2.24, 2.45) is 0 Å². The lowest BCUT2D eigenvalue weighted by Crippen LogP contribution is -2.23. The lowest BCUT2D eigenvalue weighted by Gasteiger charge is -2.10. The lowest BCUT2D eigenvalue weighted by atomic mass is 10.1. The van der Waals surface area contributed by atoms with Crippen LogP contribution >= 0.6 is 0 Å². The molecule has 0 aliphatic carbocycles. The molecule has 0 saturated carbocycles. The molecule has 2 heterocycles. The molecule has 5 aromatic rings. The molecule has 2 aromatic heterocycles. The molecule has 5 rings (SSSR count). The summed E-state index contributed by atoms with van der Waals surface area (Å²) < 4.78 is 22.6. The van der Waals surface area contributed by atoms with Gasteiger partial charge < -0.3 is 9.30 Å². The third-order valence-corrected chi connectivity index (χ3v) is 5.72. The van der Waals surface area contributed by atoms with E-state index in [-0.39, 0.29) is 11.4 Å². The highest BCUT2D eigenvalue weighted by molar-refractivity contribution is 6.05. The molecule has 0 atom stereocenters. The normalized spacial score (nSPS) is 11.3. The number of hydrogen-bond donors (Lipinski definition) is 0. The molecule has 0 fully saturated rings. The van der Waals surface area contributed by atoms with Gasteiger partial charge in [0.1, 0.15) is 22.6 Å². The van der Waals surface area contributed by atoms with Crippen LogP contribution in [-0.4, -0.2) is 21.2 Å². The number of aromatic nitrogens is 3. The largest absolute Gasteiger partial charge is 0.497 e. The maximum Gasteiger partial charge on any atom is 0.278 e. The standard InChI is InChI=1S/C26H22FN3O2/c1-17-6-11-23-22(12-17)24-25(30(23)15-19-4-3-5-20(27)13-19)26(31)29(16-28-24)14-18-7-9-21(32-2)10-8-18/h3-13,16H,14-15H2,1-2H3. The van der Waals surface area contributed by atoms with Crippen LogP contribution in [0.15, 0.2) is 77.9 Å². The van der Waals surface area contributed by atoms with Crippen LogP contribution in [0.25, 0.3) is 21.9 Å². The second-order valence-electron chi connectivity index (χ2n) is 7.96. The molecule has 0 amide bonds. The monoisotopic (exact) mass is 427 g/mol. The molecule has 5 nitrogen and oxygen atoms in total. The summed E-state index contributed by atoms with van der Waals surface area (Å²) in [5.74, 6) is 0.467. The van der Waals surface area contributed by atoms with Crippen LogP contribution in [0.5, 0.6) is 5.75 Å². The van der Waals surface area contributed by atoms with Crippen molar-refractivity contribution in [3.05, 3.63) is 106 Å². The van der Waals surface area contributed by atoms with E-state index in [4.69, 9.17) is 4.74 Å². The van der Waals surface area contributed by atoms with Crippen LogP contribution in [0.2, 0.25) is 0 Å². The molecule has 0 bridgehead atoms. The topological polar surface area (TPSA) is 49.0 Å². The lowest BCUT2D eigenvalue weighted by molar-refractivity contribution is 0.414. The summed E-state index contributed by atoms with van der Waals surface area (Å²) in [4.78, 5) is 18.3. The SMILES string of the molecule is COc1ccc(Cn2cnc3c4cc(C)ccc4n(Cc4cccc(F)c4)c3c2=O)cc1. The minimum atomic E-state index is -0.297. The van der Waals surface area contributed by atoms with Gasteiger partial charge in [-0.3, -0.25) is 9.36 Å². The molecule has 160 valence electrons. The van der Waals surface area contributed by atoms with Crippen LogP contribution in [0.4, 0.5) is 4.39 Å². The van der Waals surface area contributed by atoms with Crippen LogP contribution in [-0.2, 0) is 13.1 Å². The van der Waals surface area contributed by atoms with Gasteiger partial charge in [-0.15, -0.1) is 0 Å². The molecule has 0 spiro atoms. The van der Waals surface area contributed by atoms with Gasteiger partial charge >= 0.3 is 0 Å². The Labute approximate surface area is 184 Å². The number of rotatable bonds is 5. The smallest absolute Gasteiger partial charge is 0.278 e. The van der Waals surface area contributed by atoms with Gasteiger partial charge in [-0.25, -0.2) is 9.37 Å². The second kappa shape index (κ2) is 7.96. The molecule has 0 aliphatic rings. The van der Waals surface area contributed by atoms with E-state index in [1.54, 1.807) is 24.1 Å². The van der Waals surface area contributed by atoms with Gasteiger partial charge in [-0.2, -0.15) is 0 Å². The van der Waals surface area contributed by atoms with E-state index in [0.717, 1.165) is 33.3 Å². The summed E-state index contributed by atoms with van der Waals surface area (Å²) >= 11 is 0. The van der Waals surface area contributed by atoms with Gasteiger partial charge in [-0.05, 0) is 54.4 Å². The zero-order valence-electron chi connectivity index (χ0n) is 17.9. The highest BCUT2D eigenvalue weighted by Crippen LogP contribution is 2.27. The molecule has 6 heteroatoms. The first-order valence-corrected chi connectivity index (χ1v) is 10.4. The molecule has 3 aromatic carbocycles. The van der Waals surface area contributed by atoms with Gasteiger partial charge in [0, 0.05) is 11.9 Å². The summed E-state index contributed by atoms with van der Waals surface area (Å²) in [6.07, 6.45) is 1.60. The minimum absolute atomic E-state index is 0.129. The average molecular weight is 427 g/mol. The fourth-order valence-electron chi connectivity index (χ4n) is 4.14. The van der Waals surface area contributed by atoms with Crippen LogP contribution in [0.1, 0.15) is 16.7 Å². The first-order valence-electron chi connectivity index (χ1n) is 10.4. The first kappa shape index (κ1) is 20.0. The Kier molecular flexibility index (Phi) is 4.98. The Morgan fingerprint density at radius 1 is 0.969 bits per heavy atom. The maximum absolute atomic E-state index is 13.8. The summed E-state index contributed by atoms with van der Waals surface area (Å²) in [7, 11) is 1.62. The number of methoxy groups -OCH3 is 1. The average Bonchev–Trinajstić information content (AvgIpc) is 3.09. The van der Waals surface area contributed by atoms with Crippen LogP contribution < -0.4 is 10.3 Å². The fraction of sp³-hybridized carbons (Fsp3) is 0.154. The number of ether oxygens (including phenoxy) is 1. The molecule has 0 N–H and O–H groups in total. The van der Waals surface area contributed by atoms with Crippen molar-refractivity contribution in [2.75, 3.05) is 7.11 Å². The number of benzene rings is 3. The highest BCUT2D eigenvalue weighted by Gasteiger charge is 2.17. The van der Waals surface area contributed by atoms with Crippen molar-refractivity contribution in [2.45, 2.75) is 20.0 Å². The second-order valence-corrected chi connectivity index (χ2v) is 7.96. The van der Waals surface area contributed by atoms with E-state index in [1.165, 1.54) is 12.1 Å². The molecule has 32 heavy (non-hydrogen) atoms. The van der Waals surface area contributed by atoms with E-state index in [9.17, 15) is 9.18 Å². The molecular weight excluding hydrogens is 405 g/mol.